The molecule has 0 saturated carbocycles. The van der Waals surface area contributed by atoms with Crippen LogP contribution in [0, 0.1) is 5.82 Å². The summed E-state index contributed by atoms with van der Waals surface area (Å²) in [6, 6.07) is 12.7. The third kappa shape index (κ3) is 3.17. The molecule has 2 aromatic heterocycles. The molecule has 0 amide bonds. The van der Waals surface area contributed by atoms with Gasteiger partial charge in [0.25, 0.3) is 0 Å². The van der Waals surface area contributed by atoms with Crippen LogP contribution in [0.2, 0.25) is 0 Å². The van der Waals surface area contributed by atoms with Crippen LogP contribution >= 0.6 is 0 Å². The van der Waals surface area contributed by atoms with Crippen molar-refractivity contribution in [3.8, 4) is 17.0 Å². The Labute approximate surface area is 177 Å². The van der Waals surface area contributed by atoms with Crippen LogP contribution in [0.1, 0.15) is 12.5 Å². The number of aliphatic hydroxyl groups excluding tert-OH is 1. The number of anilines is 1. The minimum absolute atomic E-state index is 0.00674. The van der Waals surface area contributed by atoms with Gasteiger partial charge in [-0.05, 0) is 42.8 Å². The van der Waals surface area contributed by atoms with Crippen molar-refractivity contribution in [3.63, 3.8) is 0 Å². The van der Waals surface area contributed by atoms with E-state index in [-0.39, 0.29) is 12.4 Å². The number of fused-ring (bicyclic) bond motifs is 2. The van der Waals surface area contributed by atoms with Crippen molar-refractivity contribution in [2.75, 3.05) is 25.6 Å². The molecule has 0 radical (unpaired) electrons. The summed E-state index contributed by atoms with van der Waals surface area (Å²) in [7, 11) is 1.44. The molecule has 2 N–H and O–H groups in total. The van der Waals surface area contributed by atoms with E-state index in [1.807, 2.05) is 41.8 Å². The van der Waals surface area contributed by atoms with Gasteiger partial charge >= 0.3 is 5.95 Å². The van der Waals surface area contributed by atoms with Gasteiger partial charge in [-0.3, -0.25) is 5.32 Å². The lowest BCUT2D eigenvalue weighted by Crippen LogP contribution is -2.56. The molecule has 31 heavy (non-hydrogen) atoms. The molecule has 1 unspecified atom stereocenters. The van der Waals surface area contributed by atoms with Crippen molar-refractivity contribution in [1.29, 1.82) is 0 Å². The molecule has 0 saturated heterocycles. The number of aliphatic hydroxyl groups is 1. The summed E-state index contributed by atoms with van der Waals surface area (Å²) in [5.74, 6) is 0.527. The number of benzene rings is 2. The highest BCUT2D eigenvalue weighted by atomic mass is 19.1. The van der Waals surface area contributed by atoms with Gasteiger partial charge in [0.05, 0.1) is 25.8 Å². The van der Waals surface area contributed by atoms with Crippen LogP contribution in [0.4, 0.5) is 10.3 Å². The fourth-order valence-corrected chi connectivity index (χ4v) is 4.03. The Hall–Kier alpha value is -3.59. The van der Waals surface area contributed by atoms with E-state index in [9.17, 15) is 9.50 Å². The van der Waals surface area contributed by atoms with Crippen LogP contribution in [0.15, 0.2) is 48.7 Å². The highest BCUT2D eigenvalue weighted by Gasteiger charge is 2.42. The van der Waals surface area contributed by atoms with Crippen LogP contribution < -0.4 is 14.6 Å². The lowest BCUT2D eigenvalue weighted by atomic mass is 10.0. The molecule has 0 bridgehead atoms. The maximum atomic E-state index is 14.0. The minimum atomic E-state index is -0.482. The lowest BCUT2D eigenvalue weighted by molar-refractivity contribution is -0.729. The first-order valence-corrected chi connectivity index (χ1v) is 9.95. The van der Waals surface area contributed by atoms with Gasteiger partial charge in [0.15, 0.2) is 11.6 Å². The fourth-order valence-electron chi connectivity index (χ4n) is 4.03. The zero-order valence-corrected chi connectivity index (χ0v) is 17.2. The third-order valence-corrected chi connectivity index (χ3v) is 5.75. The molecular formula is C22H22FN6O2+. The van der Waals surface area contributed by atoms with E-state index < -0.39 is 11.4 Å². The number of ether oxygens (including phenoxy) is 1. The summed E-state index contributed by atoms with van der Waals surface area (Å²) in [5, 5.41) is 21.8. The fraction of sp³-hybridized carbons (Fsp3) is 0.273. The van der Waals surface area contributed by atoms with Crippen molar-refractivity contribution in [2.24, 2.45) is 0 Å². The average molecular weight is 421 g/mol. The first-order valence-electron chi connectivity index (χ1n) is 9.95. The Morgan fingerprint density at radius 2 is 2.13 bits per heavy atom. The second-order valence-corrected chi connectivity index (χ2v) is 7.92. The molecule has 2 aromatic carbocycles. The molecule has 0 spiro atoms. The van der Waals surface area contributed by atoms with E-state index in [4.69, 9.17) is 4.74 Å². The molecule has 1 aliphatic rings. The van der Waals surface area contributed by atoms with Gasteiger partial charge in [0.1, 0.15) is 29.5 Å². The number of methoxy groups -OCH3 is 1. The molecule has 9 heteroatoms. The van der Waals surface area contributed by atoms with Crippen LogP contribution in [0.3, 0.4) is 0 Å². The van der Waals surface area contributed by atoms with Gasteiger partial charge in [-0.15, -0.1) is 5.10 Å². The summed E-state index contributed by atoms with van der Waals surface area (Å²) < 4.78 is 22.8. The largest absolute Gasteiger partial charge is 0.494 e. The monoisotopic (exact) mass is 421 g/mol. The van der Waals surface area contributed by atoms with E-state index >= 15 is 0 Å². The summed E-state index contributed by atoms with van der Waals surface area (Å²) in [5.41, 5.74) is 3.74. The van der Waals surface area contributed by atoms with Crippen molar-refractivity contribution in [3.05, 3.63) is 60.0 Å². The second kappa shape index (κ2) is 7.28. The lowest BCUT2D eigenvalue weighted by Gasteiger charge is -2.21. The molecule has 4 aromatic rings. The molecule has 8 nitrogen and oxygen atoms in total. The first kappa shape index (κ1) is 19.4. The molecule has 0 aliphatic carbocycles. The van der Waals surface area contributed by atoms with Crippen LogP contribution in [0.5, 0.6) is 5.75 Å². The molecular weight excluding hydrogens is 399 g/mol. The highest BCUT2D eigenvalue weighted by Crippen LogP contribution is 2.27. The van der Waals surface area contributed by atoms with E-state index in [2.05, 4.69) is 20.6 Å². The summed E-state index contributed by atoms with van der Waals surface area (Å²) in [6.07, 6.45) is 1.75. The molecule has 0 fully saturated rings. The number of rotatable bonds is 5. The summed E-state index contributed by atoms with van der Waals surface area (Å²) >= 11 is 0. The minimum Gasteiger partial charge on any atom is -0.494 e. The number of hydrogen-bond donors (Lipinski definition) is 2. The van der Waals surface area contributed by atoms with Gasteiger partial charge in [-0.2, -0.15) is 0 Å². The quantitative estimate of drug-likeness (QED) is 0.480. The normalized spacial score (nSPS) is 17.5. The predicted octanol–water partition coefficient (Wildman–Crippen LogP) is 2.11. The van der Waals surface area contributed by atoms with Gasteiger partial charge in [-0.1, -0.05) is 16.3 Å². The molecule has 158 valence electrons. The van der Waals surface area contributed by atoms with Crippen molar-refractivity contribution >= 4 is 17.0 Å². The Balaban J connectivity index is 1.52. The topological polar surface area (TPSA) is 89.0 Å². The van der Waals surface area contributed by atoms with Crippen molar-refractivity contribution in [1.82, 2.24) is 20.0 Å². The molecule has 3 heterocycles. The maximum Gasteiger partial charge on any atom is 0.392 e. The van der Waals surface area contributed by atoms with Gasteiger partial charge in [0.2, 0.25) is 0 Å². The van der Waals surface area contributed by atoms with E-state index in [0.717, 1.165) is 33.8 Å². The standard InChI is InChI=1S/C22H21FN6O2/c1-22(13-30)12-25-21-24-8-7-18(29(21)22)15-4-5-19-17(10-15)26-27-28(19)11-14-3-6-20(31-2)16(23)9-14/h3-10,30H,11-13H2,1-2H3/p+1. The Morgan fingerprint density at radius 1 is 1.26 bits per heavy atom. The predicted molar refractivity (Wildman–Crippen MR) is 112 cm³/mol. The molecule has 1 atom stereocenters. The summed E-state index contributed by atoms with van der Waals surface area (Å²) in [4.78, 5) is 4.39. The summed E-state index contributed by atoms with van der Waals surface area (Å²) in [6.45, 7) is 2.98. The molecule has 1 aliphatic heterocycles. The Bertz CT molecular complexity index is 1290. The zero-order valence-electron chi connectivity index (χ0n) is 17.2. The number of nitrogens with zero attached hydrogens (tertiary/aromatic N) is 5. The van der Waals surface area contributed by atoms with Gasteiger partial charge < -0.3 is 9.84 Å². The van der Waals surface area contributed by atoms with Crippen molar-refractivity contribution < 1.29 is 18.8 Å². The van der Waals surface area contributed by atoms with E-state index in [1.54, 1.807) is 16.9 Å². The van der Waals surface area contributed by atoms with Gasteiger partial charge in [-0.25, -0.2) is 13.6 Å². The first-order chi connectivity index (χ1) is 15.0. The van der Waals surface area contributed by atoms with Crippen molar-refractivity contribution in [2.45, 2.75) is 19.0 Å². The number of nitrogens with one attached hydrogen (secondary N) is 1. The number of aromatic nitrogens is 5. The van der Waals surface area contributed by atoms with Gasteiger partial charge in [0, 0.05) is 11.6 Å². The van der Waals surface area contributed by atoms with E-state index in [1.165, 1.54) is 13.2 Å². The third-order valence-electron chi connectivity index (χ3n) is 5.75. The SMILES string of the molecule is COc1ccc(Cn2nnc3cc(-c4ccnc5[n+]4C(C)(CO)CN5)ccc32)cc1F. The Morgan fingerprint density at radius 3 is 2.90 bits per heavy atom. The number of hydrogen-bond acceptors (Lipinski definition) is 6. The van der Waals surface area contributed by atoms with E-state index in [0.29, 0.717) is 13.1 Å². The zero-order chi connectivity index (χ0) is 21.6. The smallest absolute Gasteiger partial charge is 0.392 e. The average Bonchev–Trinajstić information content (AvgIpc) is 3.35. The highest BCUT2D eigenvalue weighted by molar-refractivity contribution is 5.80. The number of halogens is 1. The Kier molecular flexibility index (Phi) is 4.55. The maximum absolute atomic E-state index is 14.0. The van der Waals surface area contributed by atoms with Crippen LogP contribution in [0.25, 0.3) is 22.3 Å². The van der Waals surface area contributed by atoms with Crippen LogP contribution in [-0.2, 0) is 12.1 Å². The second-order valence-electron chi connectivity index (χ2n) is 7.92. The molecule has 5 rings (SSSR count). The van der Waals surface area contributed by atoms with Crippen LogP contribution in [-0.4, -0.2) is 45.3 Å².